The van der Waals surface area contributed by atoms with Crippen molar-refractivity contribution in [1.82, 2.24) is 5.27 Å². The van der Waals surface area contributed by atoms with E-state index < -0.39 is 0 Å². The summed E-state index contributed by atoms with van der Waals surface area (Å²) in [7, 11) is 0. The minimum Gasteiger partial charge on any atom is -0.282 e. The van der Waals surface area contributed by atoms with Crippen LogP contribution in [0.1, 0.15) is 0 Å². The molecule has 0 spiro atoms. The normalized spacial score (nSPS) is 10.4. The third-order valence-corrected chi connectivity index (χ3v) is 3.13. The van der Waals surface area contributed by atoms with Gasteiger partial charge in [0.15, 0.2) is 0 Å². The molecule has 2 rings (SSSR count). The van der Waals surface area contributed by atoms with Crippen LogP contribution in [0.15, 0.2) is 38.1 Å². The Kier molecular flexibility index (Phi) is 2.73. The molecule has 14 heavy (non-hydrogen) atoms. The Morgan fingerprint density at radius 3 is 2.50 bits per heavy atom. The first-order valence-electron chi connectivity index (χ1n) is 3.73. The lowest BCUT2D eigenvalue weighted by atomic mass is 10.3. The van der Waals surface area contributed by atoms with Crippen molar-refractivity contribution in [3.05, 3.63) is 42.9 Å². The van der Waals surface area contributed by atoms with E-state index in [0.29, 0.717) is 3.70 Å². The molecule has 2 aromatic rings. The van der Waals surface area contributed by atoms with Crippen LogP contribution in [0.3, 0.4) is 0 Å². The molecule has 0 fully saturated rings. The SMILES string of the molecule is O=c1o[nH][n+](-c2ccc(Br)cc2)c1I. The van der Waals surface area contributed by atoms with Crippen molar-refractivity contribution in [1.29, 1.82) is 0 Å². The number of nitrogens with zero attached hydrogens (tertiary/aromatic N) is 1. The van der Waals surface area contributed by atoms with E-state index in [1.54, 1.807) is 4.68 Å². The molecule has 1 N–H and O–H groups in total. The van der Waals surface area contributed by atoms with E-state index in [1.807, 2.05) is 46.9 Å². The molecule has 0 amide bonds. The van der Waals surface area contributed by atoms with E-state index >= 15 is 0 Å². The van der Waals surface area contributed by atoms with Gasteiger partial charge in [0.25, 0.3) is 0 Å². The van der Waals surface area contributed by atoms with E-state index in [0.717, 1.165) is 10.2 Å². The van der Waals surface area contributed by atoms with Crippen LogP contribution in [0, 0.1) is 3.70 Å². The van der Waals surface area contributed by atoms with Gasteiger partial charge in [0.2, 0.25) is 5.69 Å². The van der Waals surface area contributed by atoms with Crippen molar-refractivity contribution >= 4 is 38.5 Å². The predicted octanol–water partition coefficient (Wildman–Crippen LogP) is 1.61. The zero-order valence-electron chi connectivity index (χ0n) is 6.83. The molecular weight excluding hydrogens is 363 g/mol. The van der Waals surface area contributed by atoms with Gasteiger partial charge in [-0.2, -0.15) is 0 Å². The van der Waals surface area contributed by atoms with Crippen molar-refractivity contribution in [3.63, 3.8) is 0 Å². The molecule has 0 saturated carbocycles. The molecule has 0 atom stereocenters. The van der Waals surface area contributed by atoms with E-state index in [1.165, 1.54) is 0 Å². The third-order valence-electron chi connectivity index (χ3n) is 1.68. The van der Waals surface area contributed by atoms with Gasteiger partial charge in [-0.05, 0) is 22.1 Å². The van der Waals surface area contributed by atoms with Crippen LogP contribution in [0.5, 0.6) is 0 Å². The lowest BCUT2D eigenvalue weighted by molar-refractivity contribution is -0.682. The molecule has 0 aliphatic carbocycles. The minimum absolute atomic E-state index is 0.367. The molecule has 4 nitrogen and oxygen atoms in total. The van der Waals surface area contributed by atoms with E-state index in [9.17, 15) is 4.79 Å². The van der Waals surface area contributed by atoms with Gasteiger partial charge in [-0.15, -0.1) is 0 Å². The molecular formula is C8H5BrIN2O2+. The highest BCUT2D eigenvalue weighted by molar-refractivity contribution is 14.1. The highest BCUT2D eigenvalue weighted by Crippen LogP contribution is 2.10. The fraction of sp³-hybridized carbons (Fsp3) is 0. The van der Waals surface area contributed by atoms with Crippen molar-refractivity contribution < 1.29 is 9.20 Å². The smallest absolute Gasteiger partial charge is 0.282 e. The van der Waals surface area contributed by atoms with E-state index in [2.05, 4.69) is 25.7 Å². The quantitative estimate of drug-likeness (QED) is 0.615. The molecule has 0 bridgehead atoms. The maximum absolute atomic E-state index is 11.0. The minimum atomic E-state index is -0.367. The van der Waals surface area contributed by atoms with Crippen molar-refractivity contribution in [3.8, 4) is 5.69 Å². The Hall–Kier alpha value is -0.630. The van der Waals surface area contributed by atoms with E-state index in [-0.39, 0.29) is 5.63 Å². The molecule has 0 aliphatic heterocycles. The average molecular weight is 368 g/mol. The first kappa shape index (κ1) is 9.91. The predicted molar refractivity (Wildman–Crippen MR) is 61.3 cm³/mol. The van der Waals surface area contributed by atoms with Crippen molar-refractivity contribution in [2.75, 3.05) is 0 Å². The number of halogens is 2. The lowest BCUT2D eigenvalue weighted by Gasteiger charge is -1.90. The molecule has 1 aromatic carbocycles. The first-order chi connectivity index (χ1) is 6.68. The summed E-state index contributed by atoms with van der Waals surface area (Å²) in [6.07, 6.45) is 0. The van der Waals surface area contributed by atoms with Crippen LogP contribution < -0.4 is 10.3 Å². The maximum atomic E-state index is 11.0. The van der Waals surface area contributed by atoms with Crippen LogP contribution in [-0.4, -0.2) is 5.27 Å². The highest BCUT2D eigenvalue weighted by atomic mass is 127. The van der Waals surface area contributed by atoms with Crippen LogP contribution in [-0.2, 0) is 0 Å². The Labute approximate surface area is 101 Å². The maximum Gasteiger partial charge on any atom is 0.441 e. The van der Waals surface area contributed by atoms with Crippen LogP contribution in [0.2, 0.25) is 0 Å². The molecule has 0 saturated heterocycles. The summed E-state index contributed by atoms with van der Waals surface area (Å²) in [6.45, 7) is 0. The number of aromatic nitrogens is 2. The van der Waals surface area contributed by atoms with Crippen LogP contribution in [0.4, 0.5) is 0 Å². The summed E-state index contributed by atoms with van der Waals surface area (Å²) in [5, 5.41) is 2.52. The third kappa shape index (κ3) is 1.76. The molecule has 1 heterocycles. The Morgan fingerprint density at radius 2 is 2.00 bits per heavy atom. The zero-order chi connectivity index (χ0) is 10.1. The van der Waals surface area contributed by atoms with Gasteiger partial charge in [-0.25, -0.2) is 4.79 Å². The molecule has 0 radical (unpaired) electrons. The van der Waals surface area contributed by atoms with Crippen molar-refractivity contribution in [2.45, 2.75) is 0 Å². The van der Waals surface area contributed by atoms with Gasteiger partial charge in [0, 0.05) is 39.2 Å². The second-order valence-corrected chi connectivity index (χ2v) is 4.52. The van der Waals surface area contributed by atoms with Gasteiger partial charge in [0.1, 0.15) is 0 Å². The van der Waals surface area contributed by atoms with Gasteiger partial charge in [-0.1, -0.05) is 15.9 Å². The average Bonchev–Trinajstić information content (AvgIpc) is 2.50. The van der Waals surface area contributed by atoms with Crippen molar-refractivity contribution in [2.24, 2.45) is 0 Å². The molecule has 0 aliphatic rings. The molecule has 72 valence electrons. The largest absolute Gasteiger partial charge is 0.441 e. The first-order valence-corrected chi connectivity index (χ1v) is 5.60. The summed E-state index contributed by atoms with van der Waals surface area (Å²) < 4.78 is 7.70. The summed E-state index contributed by atoms with van der Waals surface area (Å²) in [5.74, 6) is 0. The highest BCUT2D eigenvalue weighted by Gasteiger charge is 2.19. The summed E-state index contributed by atoms with van der Waals surface area (Å²) in [5.41, 5.74) is 0.483. The summed E-state index contributed by atoms with van der Waals surface area (Å²) in [4.78, 5) is 11.0. The fourth-order valence-corrected chi connectivity index (χ4v) is 1.77. The van der Waals surface area contributed by atoms with Gasteiger partial charge >= 0.3 is 9.33 Å². The van der Waals surface area contributed by atoms with Crippen LogP contribution in [0.25, 0.3) is 5.69 Å². The number of benzene rings is 1. The Morgan fingerprint density at radius 1 is 1.36 bits per heavy atom. The van der Waals surface area contributed by atoms with Crippen LogP contribution >= 0.6 is 38.5 Å². The van der Waals surface area contributed by atoms with Gasteiger partial charge in [-0.3, -0.25) is 4.52 Å². The number of aromatic amines is 1. The number of hydrogen-bond acceptors (Lipinski definition) is 2. The number of nitrogens with one attached hydrogen (secondary N) is 1. The van der Waals surface area contributed by atoms with Gasteiger partial charge in [0.05, 0.1) is 0 Å². The zero-order valence-corrected chi connectivity index (χ0v) is 10.6. The number of rotatable bonds is 1. The standard InChI is InChI=1S/C8H4BrIN2O2/c9-5-1-3-6(4-2-5)12-7(10)8(13)14-11-12/h1-4H/p+1. The summed E-state index contributed by atoms with van der Waals surface area (Å²) >= 11 is 5.26. The monoisotopic (exact) mass is 367 g/mol. The lowest BCUT2D eigenvalue weighted by Crippen LogP contribution is -2.37. The number of H-pyrrole nitrogens is 1. The number of hydrogen-bond donors (Lipinski definition) is 1. The Balaban J connectivity index is 2.55. The second-order valence-electron chi connectivity index (χ2n) is 2.58. The van der Waals surface area contributed by atoms with E-state index in [4.69, 9.17) is 0 Å². The fourth-order valence-electron chi connectivity index (χ4n) is 1.02. The molecule has 1 aromatic heterocycles. The molecule has 0 unspecified atom stereocenters. The molecule has 6 heteroatoms. The second kappa shape index (κ2) is 3.85. The van der Waals surface area contributed by atoms with Gasteiger partial charge < -0.3 is 0 Å². The topological polar surface area (TPSA) is 49.9 Å². The Bertz CT molecular complexity index is 503. The summed E-state index contributed by atoms with van der Waals surface area (Å²) in [6, 6.07) is 7.53.